The van der Waals surface area contributed by atoms with Gasteiger partial charge in [-0.3, -0.25) is 9.59 Å². The number of halogens is 3. The van der Waals surface area contributed by atoms with Crippen molar-refractivity contribution < 1.29 is 22.8 Å². The summed E-state index contributed by atoms with van der Waals surface area (Å²) in [6, 6.07) is 0. The molecule has 0 aliphatic heterocycles. The summed E-state index contributed by atoms with van der Waals surface area (Å²) in [6.07, 6.45) is -4.09. The second-order valence-corrected chi connectivity index (χ2v) is 4.81. The number of alkyl halides is 3. The maximum atomic E-state index is 12.2. The van der Waals surface area contributed by atoms with Gasteiger partial charge in [0.2, 0.25) is 5.91 Å². The molecule has 0 saturated carbocycles. The highest BCUT2D eigenvalue weighted by molar-refractivity contribution is 7.13. The van der Waals surface area contributed by atoms with E-state index in [1.807, 2.05) is 0 Å². The second kappa shape index (κ2) is 5.60. The van der Waals surface area contributed by atoms with E-state index in [1.165, 1.54) is 6.92 Å². The van der Waals surface area contributed by atoms with Crippen molar-refractivity contribution in [1.82, 2.24) is 20.0 Å². The Morgan fingerprint density at radius 1 is 1.43 bits per heavy atom. The molecule has 0 aromatic carbocycles. The number of nitrogens with one attached hydrogen (secondary N) is 1. The van der Waals surface area contributed by atoms with E-state index in [4.69, 9.17) is 0 Å². The van der Waals surface area contributed by atoms with Crippen LogP contribution in [0.5, 0.6) is 0 Å². The van der Waals surface area contributed by atoms with E-state index in [0.717, 1.165) is 22.2 Å². The Hall–Kier alpha value is -2.30. The molecule has 0 radical (unpaired) electrons. The highest BCUT2D eigenvalue weighted by Gasteiger charge is 2.41. The van der Waals surface area contributed by atoms with Gasteiger partial charge in [-0.25, -0.2) is 9.67 Å². The van der Waals surface area contributed by atoms with Gasteiger partial charge in [-0.2, -0.15) is 13.2 Å². The van der Waals surface area contributed by atoms with E-state index in [1.54, 1.807) is 5.38 Å². The molecule has 2 heterocycles. The lowest BCUT2D eigenvalue weighted by Gasteiger charge is -2.00. The van der Waals surface area contributed by atoms with Crippen molar-refractivity contribution in [3.05, 3.63) is 23.0 Å². The summed E-state index contributed by atoms with van der Waals surface area (Å²) < 4.78 is 37.7. The number of nitrogens with zero attached hydrogens (tertiary/aromatic N) is 4. The zero-order valence-corrected chi connectivity index (χ0v) is 11.3. The van der Waals surface area contributed by atoms with Crippen LogP contribution >= 0.6 is 11.3 Å². The number of aromatic nitrogens is 4. The van der Waals surface area contributed by atoms with Gasteiger partial charge in [0.25, 0.3) is 5.78 Å². The molecule has 2 aromatic heterocycles. The third-order valence-corrected chi connectivity index (χ3v) is 2.99. The summed E-state index contributed by atoms with van der Waals surface area (Å²) in [6.45, 7) is 1.36. The van der Waals surface area contributed by atoms with Gasteiger partial charge >= 0.3 is 6.18 Å². The van der Waals surface area contributed by atoms with E-state index in [2.05, 4.69) is 20.6 Å². The minimum absolute atomic E-state index is 0.0359. The lowest BCUT2D eigenvalue weighted by Crippen LogP contribution is -2.23. The average Bonchev–Trinajstić information content (AvgIpc) is 2.97. The number of ketones is 1. The molecule has 0 bridgehead atoms. The number of thiazole rings is 1. The van der Waals surface area contributed by atoms with Crippen LogP contribution in [-0.4, -0.2) is 37.8 Å². The van der Waals surface area contributed by atoms with Crippen LogP contribution in [0.3, 0.4) is 0 Å². The molecule has 1 N–H and O–H groups in total. The molecule has 0 aliphatic carbocycles. The molecular weight excluding hydrogens is 311 g/mol. The summed E-state index contributed by atoms with van der Waals surface area (Å²) in [7, 11) is 0. The predicted octanol–water partition coefficient (Wildman–Crippen LogP) is 1.49. The Kier molecular flexibility index (Phi) is 4.02. The predicted molar refractivity (Wildman–Crippen MR) is 65.9 cm³/mol. The van der Waals surface area contributed by atoms with Gasteiger partial charge in [-0.1, -0.05) is 5.21 Å². The van der Waals surface area contributed by atoms with Gasteiger partial charge < -0.3 is 5.32 Å². The number of rotatable bonds is 4. The zero-order chi connectivity index (χ0) is 15.6. The van der Waals surface area contributed by atoms with E-state index in [-0.39, 0.29) is 12.5 Å². The SMILES string of the molecule is CC(=O)Nc1nc(Cn2cc(C(=O)C(F)(F)F)nn2)cs1. The number of carbonyl (C=O) groups excluding carboxylic acids is 2. The number of Topliss-reactive ketones (excluding diaryl/α,β-unsaturated/α-hetero) is 1. The van der Waals surface area contributed by atoms with Crippen molar-refractivity contribution in [3.63, 3.8) is 0 Å². The highest BCUT2D eigenvalue weighted by Crippen LogP contribution is 2.20. The molecule has 1 amide bonds. The molecule has 112 valence electrons. The topological polar surface area (TPSA) is 89.8 Å². The molecule has 21 heavy (non-hydrogen) atoms. The van der Waals surface area contributed by atoms with Gasteiger partial charge in [0, 0.05) is 12.3 Å². The molecule has 0 atom stereocenters. The Morgan fingerprint density at radius 2 is 2.14 bits per heavy atom. The lowest BCUT2D eigenvalue weighted by atomic mass is 10.3. The first-order valence-electron chi connectivity index (χ1n) is 5.49. The van der Waals surface area contributed by atoms with Gasteiger partial charge in [-0.15, -0.1) is 16.4 Å². The van der Waals surface area contributed by atoms with Crippen LogP contribution in [0, 0.1) is 0 Å². The maximum Gasteiger partial charge on any atom is 0.456 e. The van der Waals surface area contributed by atoms with E-state index < -0.39 is 17.7 Å². The number of carbonyl (C=O) groups is 2. The van der Waals surface area contributed by atoms with Crippen molar-refractivity contribution in [2.24, 2.45) is 0 Å². The summed E-state index contributed by atoms with van der Waals surface area (Å²) in [5, 5.41) is 11.1. The fourth-order valence-corrected chi connectivity index (χ4v) is 2.13. The molecule has 0 aliphatic rings. The van der Waals surface area contributed by atoms with E-state index in [0.29, 0.717) is 10.8 Å². The van der Waals surface area contributed by atoms with Crippen LogP contribution in [-0.2, 0) is 11.3 Å². The third kappa shape index (κ3) is 3.84. The zero-order valence-electron chi connectivity index (χ0n) is 10.5. The highest BCUT2D eigenvalue weighted by atomic mass is 32.1. The molecule has 11 heteroatoms. The average molecular weight is 319 g/mol. The van der Waals surface area contributed by atoms with E-state index in [9.17, 15) is 22.8 Å². The molecule has 2 aromatic rings. The molecule has 0 unspecified atom stereocenters. The Bertz CT molecular complexity index is 678. The quantitative estimate of drug-likeness (QED) is 0.862. The Labute approximate surface area is 119 Å². The molecular formula is C10H8F3N5O2S. The number of amides is 1. The first kappa shape index (κ1) is 15.1. The van der Waals surface area contributed by atoms with Gasteiger partial charge in [0.15, 0.2) is 10.8 Å². The summed E-state index contributed by atoms with van der Waals surface area (Å²) in [5.41, 5.74) is -0.306. The summed E-state index contributed by atoms with van der Waals surface area (Å²) >= 11 is 1.16. The van der Waals surface area contributed by atoms with Crippen molar-refractivity contribution in [2.45, 2.75) is 19.6 Å². The Balaban J connectivity index is 2.07. The van der Waals surface area contributed by atoms with Gasteiger partial charge in [0.05, 0.1) is 18.4 Å². The number of hydrogen-bond acceptors (Lipinski definition) is 6. The normalized spacial score (nSPS) is 11.4. The molecule has 2 rings (SSSR count). The fourth-order valence-electron chi connectivity index (χ4n) is 1.38. The van der Waals surface area contributed by atoms with Crippen molar-refractivity contribution in [3.8, 4) is 0 Å². The van der Waals surface area contributed by atoms with Crippen LogP contribution in [0.2, 0.25) is 0 Å². The van der Waals surface area contributed by atoms with Crippen LogP contribution in [0.1, 0.15) is 23.1 Å². The number of anilines is 1. The standard InChI is InChI=1S/C10H8F3N5O2S/c1-5(19)14-9-15-6(4-21-9)2-18-3-7(16-17-18)8(20)10(11,12)13/h3-4H,2H2,1H3,(H,14,15,19). The van der Waals surface area contributed by atoms with Crippen molar-refractivity contribution in [1.29, 1.82) is 0 Å². The minimum Gasteiger partial charge on any atom is -0.302 e. The largest absolute Gasteiger partial charge is 0.456 e. The van der Waals surface area contributed by atoms with Crippen LogP contribution in [0.4, 0.5) is 18.3 Å². The van der Waals surface area contributed by atoms with Crippen LogP contribution in [0.15, 0.2) is 11.6 Å². The van der Waals surface area contributed by atoms with Crippen LogP contribution < -0.4 is 5.32 Å². The molecule has 0 fully saturated rings. The molecule has 0 spiro atoms. The maximum absolute atomic E-state index is 12.2. The third-order valence-electron chi connectivity index (χ3n) is 2.19. The fraction of sp³-hybridized carbons (Fsp3) is 0.300. The smallest absolute Gasteiger partial charge is 0.302 e. The van der Waals surface area contributed by atoms with Crippen molar-refractivity contribution in [2.75, 3.05) is 5.32 Å². The summed E-state index contributed by atoms with van der Waals surface area (Å²) in [4.78, 5) is 25.8. The molecule has 0 saturated heterocycles. The lowest BCUT2D eigenvalue weighted by molar-refractivity contribution is -0.114. The first-order valence-corrected chi connectivity index (χ1v) is 6.37. The monoisotopic (exact) mass is 319 g/mol. The van der Waals surface area contributed by atoms with Crippen molar-refractivity contribution >= 4 is 28.2 Å². The van der Waals surface area contributed by atoms with Crippen LogP contribution in [0.25, 0.3) is 0 Å². The summed E-state index contributed by atoms with van der Waals surface area (Å²) in [5.74, 6) is -2.33. The Morgan fingerprint density at radius 3 is 2.76 bits per heavy atom. The van der Waals surface area contributed by atoms with Gasteiger partial charge in [0.1, 0.15) is 0 Å². The second-order valence-electron chi connectivity index (χ2n) is 3.95. The minimum atomic E-state index is -4.99. The number of hydrogen-bond donors (Lipinski definition) is 1. The van der Waals surface area contributed by atoms with Gasteiger partial charge in [-0.05, 0) is 0 Å². The van der Waals surface area contributed by atoms with E-state index >= 15 is 0 Å². The first-order chi connectivity index (χ1) is 9.75. The molecule has 7 nitrogen and oxygen atoms in total.